The van der Waals surface area contributed by atoms with Crippen molar-refractivity contribution in [1.82, 2.24) is 4.98 Å². The molecule has 4 nitrogen and oxygen atoms in total. The van der Waals surface area contributed by atoms with Crippen molar-refractivity contribution in [3.63, 3.8) is 0 Å². The van der Waals surface area contributed by atoms with Crippen LogP contribution in [-0.4, -0.2) is 23.6 Å². The Balaban J connectivity index is 2.00. The average molecular weight is 324 g/mol. The zero-order valence-electron chi connectivity index (χ0n) is 14.4. The number of rotatable bonds is 4. The Kier molecular flexibility index (Phi) is 4.33. The molecule has 1 aromatic carbocycles. The number of allylic oxidation sites excluding steroid dienone is 2. The smallest absolute Gasteiger partial charge is 0.337 e. The van der Waals surface area contributed by atoms with E-state index in [0.29, 0.717) is 5.57 Å². The van der Waals surface area contributed by atoms with E-state index in [1.54, 1.807) is 0 Å². The van der Waals surface area contributed by atoms with Crippen molar-refractivity contribution in [3.05, 3.63) is 59.3 Å². The number of nitrogens with one attached hydrogen (secondary N) is 1. The molecule has 0 saturated heterocycles. The molecule has 0 bridgehead atoms. The summed E-state index contributed by atoms with van der Waals surface area (Å²) in [7, 11) is 1.41. The number of fused-ring (bicyclic) bond motifs is 1. The van der Waals surface area contributed by atoms with Gasteiger partial charge in [0.25, 0.3) is 0 Å². The molecule has 0 fully saturated rings. The summed E-state index contributed by atoms with van der Waals surface area (Å²) in [6.07, 6.45) is 9.59. The molecule has 1 aromatic heterocycles. The normalized spacial score (nSPS) is 17.8. The van der Waals surface area contributed by atoms with Crippen LogP contribution in [0.2, 0.25) is 0 Å². The third kappa shape index (κ3) is 3.29. The third-order valence-electron chi connectivity index (χ3n) is 4.37. The monoisotopic (exact) mass is 324 g/mol. The van der Waals surface area contributed by atoms with Gasteiger partial charge in [-0.05, 0) is 37.8 Å². The maximum atomic E-state index is 11.8. The van der Waals surface area contributed by atoms with Gasteiger partial charge in [-0.1, -0.05) is 36.4 Å². The summed E-state index contributed by atoms with van der Waals surface area (Å²) < 4.78 is 4.84. The van der Waals surface area contributed by atoms with Gasteiger partial charge in [-0.3, -0.25) is 0 Å². The highest BCUT2D eigenvalue weighted by Gasteiger charge is 2.20. The first-order chi connectivity index (χ1) is 11.4. The molecule has 1 aliphatic rings. The molecule has 3 rings (SSSR count). The predicted octanol–water partition coefficient (Wildman–Crippen LogP) is 3.59. The topological polar surface area (TPSA) is 68.1 Å². The largest absolute Gasteiger partial charge is 0.465 e. The second kappa shape index (κ2) is 6.29. The fourth-order valence-electron chi connectivity index (χ4n) is 3.33. The second-order valence-corrected chi connectivity index (χ2v) is 7.11. The number of esters is 1. The summed E-state index contributed by atoms with van der Waals surface area (Å²) in [5.74, 6) is -0.134. The zero-order chi connectivity index (χ0) is 17.3. The number of ether oxygens (including phenoxy) is 1. The minimum absolute atomic E-state index is 0.158. The maximum Gasteiger partial charge on any atom is 0.337 e. The molecule has 1 atom stereocenters. The van der Waals surface area contributed by atoms with Crippen molar-refractivity contribution in [1.29, 1.82) is 0 Å². The van der Waals surface area contributed by atoms with Crippen molar-refractivity contribution >= 4 is 16.9 Å². The van der Waals surface area contributed by atoms with E-state index < -0.39 is 0 Å². The lowest BCUT2D eigenvalue weighted by atomic mass is 9.87. The van der Waals surface area contributed by atoms with Gasteiger partial charge in [0.15, 0.2) is 0 Å². The summed E-state index contributed by atoms with van der Waals surface area (Å²) in [4.78, 5) is 15.2. The van der Waals surface area contributed by atoms with Crippen LogP contribution in [0.5, 0.6) is 0 Å². The lowest BCUT2D eigenvalue weighted by Crippen LogP contribution is -2.34. The highest BCUT2D eigenvalue weighted by Crippen LogP contribution is 2.34. The highest BCUT2D eigenvalue weighted by molar-refractivity contribution is 5.92. The molecule has 126 valence electrons. The van der Waals surface area contributed by atoms with Gasteiger partial charge in [0.2, 0.25) is 0 Å². The number of nitrogens with two attached hydrogens (primary N) is 1. The molecule has 1 unspecified atom stereocenters. The molecule has 2 aromatic rings. The molecule has 0 radical (unpaired) electrons. The van der Waals surface area contributed by atoms with E-state index in [9.17, 15) is 4.79 Å². The van der Waals surface area contributed by atoms with E-state index in [4.69, 9.17) is 10.5 Å². The van der Waals surface area contributed by atoms with Crippen LogP contribution in [0.25, 0.3) is 10.9 Å². The summed E-state index contributed by atoms with van der Waals surface area (Å²) >= 11 is 0. The quantitative estimate of drug-likeness (QED) is 0.845. The van der Waals surface area contributed by atoms with Crippen LogP contribution in [0.15, 0.2) is 48.2 Å². The Labute approximate surface area is 142 Å². The molecule has 3 N–H and O–H groups in total. The Morgan fingerprint density at radius 1 is 1.42 bits per heavy atom. The van der Waals surface area contributed by atoms with Gasteiger partial charge in [0, 0.05) is 28.6 Å². The van der Waals surface area contributed by atoms with Gasteiger partial charge in [0.1, 0.15) is 0 Å². The standard InChI is InChI=1S/C20H24N2O2/c1-20(2,21)11-15-12-22-18-16(8-5-9-17(15)18)13-6-4-7-14(10-13)19(23)24-3/h4-5,7-10,12-13,22H,6,11,21H2,1-3H3. The highest BCUT2D eigenvalue weighted by atomic mass is 16.5. The van der Waals surface area contributed by atoms with E-state index in [1.165, 1.54) is 23.6 Å². The van der Waals surface area contributed by atoms with Crippen LogP contribution in [0, 0.1) is 0 Å². The van der Waals surface area contributed by atoms with Gasteiger partial charge in [0.05, 0.1) is 12.7 Å². The average Bonchev–Trinajstić information content (AvgIpc) is 2.95. The number of hydrogen-bond donors (Lipinski definition) is 2. The van der Waals surface area contributed by atoms with E-state index in [1.807, 2.05) is 38.3 Å². The SMILES string of the molecule is COC(=O)C1=CC(c2cccc3c(CC(C)(C)N)c[nH]c23)CC=C1. The minimum Gasteiger partial charge on any atom is -0.465 e. The van der Waals surface area contributed by atoms with E-state index in [2.05, 4.69) is 23.2 Å². The van der Waals surface area contributed by atoms with Crippen molar-refractivity contribution in [2.75, 3.05) is 7.11 Å². The third-order valence-corrected chi connectivity index (χ3v) is 4.37. The first-order valence-electron chi connectivity index (χ1n) is 8.23. The number of H-pyrrole nitrogens is 1. The van der Waals surface area contributed by atoms with Crippen molar-refractivity contribution in [2.45, 2.75) is 38.1 Å². The second-order valence-electron chi connectivity index (χ2n) is 7.11. The Hall–Kier alpha value is -2.33. The van der Waals surface area contributed by atoms with Gasteiger partial charge in [-0.15, -0.1) is 0 Å². The molecule has 1 aliphatic carbocycles. The van der Waals surface area contributed by atoms with Crippen LogP contribution in [0.3, 0.4) is 0 Å². The molecule has 24 heavy (non-hydrogen) atoms. The first kappa shape index (κ1) is 16.5. The number of para-hydroxylation sites is 1. The molecule has 4 heteroatoms. The molecule has 0 aliphatic heterocycles. The lowest BCUT2D eigenvalue weighted by Gasteiger charge is -2.19. The first-order valence-corrected chi connectivity index (χ1v) is 8.23. The van der Waals surface area contributed by atoms with Crippen LogP contribution in [0.4, 0.5) is 0 Å². The fraction of sp³-hybridized carbons (Fsp3) is 0.350. The number of hydrogen-bond acceptors (Lipinski definition) is 3. The van der Waals surface area contributed by atoms with Crippen molar-refractivity contribution in [3.8, 4) is 0 Å². The van der Waals surface area contributed by atoms with Gasteiger partial charge >= 0.3 is 5.97 Å². The zero-order valence-corrected chi connectivity index (χ0v) is 14.4. The summed E-state index contributed by atoms with van der Waals surface area (Å²) in [6.45, 7) is 4.07. The maximum absolute atomic E-state index is 11.8. The van der Waals surface area contributed by atoms with Crippen LogP contribution in [-0.2, 0) is 16.0 Å². The van der Waals surface area contributed by atoms with E-state index in [0.717, 1.165) is 18.4 Å². The van der Waals surface area contributed by atoms with Crippen LogP contribution in [0.1, 0.15) is 37.3 Å². The summed E-state index contributed by atoms with van der Waals surface area (Å²) in [5.41, 5.74) is 10.1. The van der Waals surface area contributed by atoms with Crippen LogP contribution < -0.4 is 5.73 Å². The summed E-state index contributed by atoms with van der Waals surface area (Å²) in [6, 6.07) is 6.31. The Morgan fingerprint density at radius 3 is 2.92 bits per heavy atom. The number of aromatic amines is 1. The number of carbonyl (C=O) groups is 1. The Bertz CT molecular complexity index is 822. The van der Waals surface area contributed by atoms with Crippen molar-refractivity contribution < 1.29 is 9.53 Å². The number of benzene rings is 1. The van der Waals surface area contributed by atoms with E-state index >= 15 is 0 Å². The molecule has 1 heterocycles. The predicted molar refractivity (Wildman–Crippen MR) is 96.9 cm³/mol. The van der Waals surface area contributed by atoms with Crippen molar-refractivity contribution in [2.24, 2.45) is 5.73 Å². The van der Waals surface area contributed by atoms with Crippen LogP contribution >= 0.6 is 0 Å². The molecular weight excluding hydrogens is 300 g/mol. The van der Waals surface area contributed by atoms with Gasteiger partial charge in [-0.25, -0.2) is 4.79 Å². The number of carbonyl (C=O) groups excluding carboxylic acids is 1. The molecule has 0 spiro atoms. The Morgan fingerprint density at radius 2 is 2.21 bits per heavy atom. The number of aromatic nitrogens is 1. The minimum atomic E-state index is -0.291. The molecule has 0 saturated carbocycles. The number of methoxy groups -OCH3 is 1. The van der Waals surface area contributed by atoms with Gasteiger partial charge < -0.3 is 15.5 Å². The molecular formula is C20H24N2O2. The summed E-state index contributed by atoms with van der Waals surface area (Å²) in [5, 5.41) is 1.20. The molecule has 0 amide bonds. The van der Waals surface area contributed by atoms with E-state index in [-0.39, 0.29) is 17.4 Å². The van der Waals surface area contributed by atoms with Gasteiger partial charge in [-0.2, -0.15) is 0 Å². The lowest BCUT2D eigenvalue weighted by molar-refractivity contribution is -0.135. The fourth-order valence-corrected chi connectivity index (χ4v) is 3.33.